The number of anilines is 1. The molecule has 0 radical (unpaired) electrons. The highest BCUT2D eigenvalue weighted by atomic mass is 35.5. The third kappa shape index (κ3) is 4.37. The Bertz CT molecular complexity index is 1070. The first kappa shape index (κ1) is 20.1. The molecule has 1 aliphatic rings. The van der Waals surface area contributed by atoms with Gasteiger partial charge in [-0.05, 0) is 30.3 Å². The molecule has 0 atom stereocenters. The van der Waals surface area contributed by atoms with Crippen LogP contribution in [0.15, 0.2) is 52.5 Å². The average Bonchev–Trinajstić information content (AvgIpc) is 3.45. The van der Waals surface area contributed by atoms with E-state index in [0.29, 0.717) is 41.9 Å². The standard InChI is InChI=1S/C20H17ClN4O4S/c21-14-4-1-3-13(11-14)17(26)23-20-22-15(12-30-20)18(27)24-6-8-25(9-7-24)19(28)16-5-2-10-29-16/h1-5,10-12H,6-9H2,(H,22,23,26). The van der Waals surface area contributed by atoms with E-state index in [-0.39, 0.29) is 29.2 Å². The van der Waals surface area contributed by atoms with E-state index in [1.54, 1.807) is 51.6 Å². The zero-order valence-corrected chi connectivity index (χ0v) is 17.3. The maximum absolute atomic E-state index is 12.7. The minimum Gasteiger partial charge on any atom is -0.459 e. The van der Waals surface area contributed by atoms with Crippen LogP contribution in [0.25, 0.3) is 0 Å². The summed E-state index contributed by atoms with van der Waals surface area (Å²) in [6.45, 7) is 1.61. The summed E-state index contributed by atoms with van der Waals surface area (Å²) in [6, 6.07) is 9.85. The lowest BCUT2D eigenvalue weighted by molar-refractivity contribution is 0.0515. The topological polar surface area (TPSA) is 95.8 Å². The largest absolute Gasteiger partial charge is 0.459 e. The van der Waals surface area contributed by atoms with E-state index in [1.165, 1.54) is 17.6 Å². The van der Waals surface area contributed by atoms with Crippen molar-refractivity contribution in [3.05, 3.63) is 70.1 Å². The number of carbonyl (C=O) groups excluding carboxylic acids is 3. The second-order valence-electron chi connectivity index (χ2n) is 6.56. The number of nitrogens with zero attached hydrogens (tertiary/aromatic N) is 3. The highest BCUT2D eigenvalue weighted by molar-refractivity contribution is 7.14. The van der Waals surface area contributed by atoms with Crippen LogP contribution in [0.3, 0.4) is 0 Å². The zero-order chi connectivity index (χ0) is 21.1. The van der Waals surface area contributed by atoms with Crippen LogP contribution in [0.5, 0.6) is 0 Å². The number of piperazine rings is 1. The number of benzene rings is 1. The highest BCUT2D eigenvalue weighted by Crippen LogP contribution is 2.20. The van der Waals surface area contributed by atoms with Gasteiger partial charge in [0.05, 0.1) is 6.26 Å². The van der Waals surface area contributed by atoms with Crippen LogP contribution in [-0.2, 0) is 0 Å². The van der Waals surface area contributed by atoms with Crippen LogP contribution in [0.2, 0.25) is 5.02 Å². The fraction of sp³-hybridized carbons (Fsp3) is 0.200. The van der Waals surface area contributed by atoms with Gasteiger partial charge in [0.25, 0.3) is 17.7 Å². The maximum atomic E-state index is 12.7. The van der Waals surface area contributed by atoms with E-state index in [0.717, 1.165) is 0 Å². The van der Waals surface area contributed by atoms with E-state index in [2.05, 4.69) is 10.3 Å². The SMILES string of the molecule is O=C(Nc1nc(C(=O)N2CCN(C(=O)c3ccco3)CC2)cs1)c1cccc(Cl)c1. The Hall–Kier alpha value is -3.17. The smallest absolute Gasteiger partial charge is 0.289 e. The lowest BCUT2D eigenvalue weighted by Crippen LogP contribution is -2.50. The first-order valence-corrected chi connectivity index (χ1v) is 10.4. The summed E-state index contributed by atoms with van der Waals surface area (Å²) >= 11 is 7.08. The van der Waals surface area contributed by atoms with E-state index in [1.807, 2.05) is 0 Å². The van der Waals surface area contributed by atoms with Gasteiger partial charge >= 0.3 is 0 Å². The quantitative estimate of drug-likeness (QED) is 0.666. The summed E-state index contributed by atoms with van der Waals surface area (Å²) in [5, 5.41) is 5.07. The normalized spacial score (nSPS) is 13.9. The molecule has 2 aromatic heterocycles. The van der Waals surface area contributed by atoms with Gasteiger partial charge in [-0.1, -0.05) is 17.7 Å². The van der Waals surface area contributed by atoms with Crippen LogP contribution in [0.1, 0.15) is 31.4 Å². The van der Waals surface area contributed by atoms with Crippen LogP contribution in [0.4, 0.5) is 5.13 Å². The van der Waals surface area contributed by atoms with E-state index in [4.69, 9.17) is 16.0 Å². The molecule has 1 fully saturated rings. The van der Waals surface area contributed by atoms with Crippen LogP contribution < -0.4 is 5.32 Å². The summed E-state index contributed by atoms with van der Waals surface area (Å²) in [4.78, 5) is 44.9. The number of halogens is 1. The molecule has 4 rings (SSSR count). The molecular weight excluding hydrogens is 428 g/mol. The molecule has 8 nitrogen and oxygen atoms in total. The summed E-state index contributed by atoms with van der Waals surface area (Å²) in [6.07, 6.45) is 1.46. The van der Waals surface area contributed by atoms with Crippen molar-refractivity contribution in [1.82, 2.24) is 14.8 Å². The van der Waals surface area contributed by atoms with Gasteiger partial charge in [0.2, 0.25) is 0 Å². The summed E-state index contributed by atoms with van der Waals surface area (Å²) in [5.74, 6) is -0.489. The second-order valence-corrected chi connectivity index (χ2v) is 7.86. The third-order valence-electron chi connectivity index (χ3n) is 4.62. The van der Waals surface area contributed by atoms with Crippen molar-refractivity contribution in [1.29, 1.82) is 0 Å². The molecule has 3 aromatic rings. The number of hydrogen-bond donors (Lipinski definition) is 1. The summed E-state index contributed by atoms with van der Waals surface area (Å²) in [7, 11) is 0. The molecule has 3 heterocycles. The van der Waals surface area contributed by atoms with Gasteiger partial charge in [0, 0.05) is 42.1 Å². The number of carbonyl (C=O) groups is 3. The van der Waals surface area contributed by atoms with Crippen molar-refractivity contribution < 1.29 is 18.8 Å². The monoisotopic (exact) mass is 444 g/mol. The molecule has 30 heavy (non-hydrogen) atoms. The van der Waals surface area contributed by atoms with Crippen molar-refractivity contribution in [3.63, 3.8) is 0 Å². The van der Waals surface area contributed by atoms with Gasteiger partial charge in [-0.3, -0.25) is 19.7 Å². The predicted octanol–water partition coefficient (Wildman–Crippen LogP) is 3.24. The molecule has 0 saturated carbocycles. The Morgan fingerprint density at radius 1 is 1.03 bits per heavy atom. The molecule has 10 heteroatoms. The molecular formula is C20H17ClN4O4S. The molecule has 3 amide bonds. The average molecular weight is 445 g/mol. The van der Waals surface area contributed by atoms with E-state index < -0.39 is 0 Å². The molecule has 1 saturated heterocycles. The second kappa shape index (κ2) is 8.68. The number of amides is 3. The molecule has 0 aliphatic carbocycles. The van der Waals surface area contributed by atoms with Crippen molar-refractivity contribution in [2.75, 3.05) is 31.5 Å². The molecule has 1 aliphatic heterocycles. The summed E-state index contributed by atoms with van der Waals surface area (Å²) in [5.41, 5.74) is 0.662. The molecule has 0 bridgehead atoms. The fourth-order valence-corrected chi connectivity index (χ4v) is 3.93. The Morgan fingerprint density at radius 3 is 2.43 bits per heavy atom. The lowest BCUT2D eigenvalue weighted by atomic mass is 10.2. The van der Waals surface area contributed by atoms with Crippen molar-refractivity contribution in [2.45, 2.75) is 0 Å². The first-order valence-electron chi connectivity index (χ1n) is 9.16. The fourth-order valence-electron chi connectivity index (χ4n) is 3.06. The van der Waals surface area contributed by atoms with Crippen molar-refractivity contribution in [2.24, 2.45) is 0 Å². The molecule has 0 unspecified atom stereocenters. The number of hydrogen-bond acceptors (Lipinski definition) is 6. The van der Waals surface area contributed by atoms with Crippen molar-refractivity contribution >= 4 is 45.8 Å². The molecule has 154 valence electrons. The predicted molar refractivity (Wildman–Crippen MR) is 112 cm³/mol. The Morgan fingerprint density at radius 2 is 1.77 bits per heavy atom. The van der Waals surface area contributed by atoms with Crippen molar-refractivity contribution in [3.8, 4) is 0 Å². The zero-order valence-electron chi connectivity index (χ0n) is 15.7. The van der Waals surface area contributed by atoms with Gasteiger partial charge in [0.1, 0.15) is 5.69 Å². The summed E-state index contributed by atoms with van der Waals surface area (Å²) < 4.78 is 5.14. The van der Waals surface area contributed by atoms with Gasteiger partial charge in [-0.2, -0.15) is 0 Å². The number of thiazole rings is 1. The van der Waals surface area contributed by atoms with Gasteiger partial charge in [-0.15, -0.1) is 11.3 Å². The molecule has 1 N–H and O–H groups in total. The Labute approximate surface area is 181 Å². The first-order chi connectivity index (χ1) is 14.5. The van der Waals surface area contributed by atoms with Crippen LogP contribution in [-0.4, -0.2) is 58.7 Å². The van der Waals surface area contributed by atoms with Gasteiger partial charge in [0.15, 0.2) is 10.9 Å². The number of furan rings is 1. The highest BCUT2D eigenvalue weighted by Gasteiger charge is 2.27. The minimum absolute atomic E-state index is 0.188. The molecule has 0 spiro atoms. The molecule has 1 aromatic carbocycles. The number of rotatable bonds is 4. The van der Waals surface area contributed by atoms with Crippen LogP contribution in [0, 0.1) is 0 Å². The maximum Gasteiger partial charge on any atom is 0.289 e. The number of nitrogens with one attached hydrogen (secondary N) is 1. The van der Waals surface area contributed by atoms with Gasteiger partial charge < -0.3 is 14.2 Å². The number of aromatic nitrogens is 1. The lowest BCUT2D eigenvalue weighted by Gasteiger charge is -2.33. The van der Waals surface area contributed by atoms with E-state index >= 15 is 0 Å². The minimum atomic E-state index is -0.351. The van der Waals surface area contributed by atoms with Gasteiger partial charge in [-0.25, -0.2) is 4.98 Å². The van der Waals surface area contributed by atoms with E-state index in [9.17, 15) is 14.4 Å². The Kier molecular flexibility index (Phi) is 5.82. The Balaban J connectivity index is 1.34. The third-order valence-corrected chi connectivity index (χ3v) is 5.61. The van der Waals surface area contributed by atoms with Crippen LogP contribution >= 0.6 is 22.9 Å².